The van der Waals surface area contributed by atoms with E-state index in [9.17, 15) is 0 Å². The third-order valence-corrected chi connectivity index (χ3v) is 5.91. The fraction of sp³-hybridized carbons (Fsp3) is 0.600. The minimum atomic E-state index is 0.443. The van der Waals surface area contributed by atoms with Gasteiger partial charge in [-0.1, -0.05) is 12.8 Å². The van der Waals surface area contributed by atoms with Crippen molar-refractivity contribution in [2.24, 2.45) is 5.92 Å². The molecule has 2 unspecified atom stereocenters. The Morgan fingerprint density at radius 1 is 1.30 bits per heavy atom. The summed E-state index contributed by atoms with van der Waals surface area (Å²) in [7, 11) is 0. The van der Waals surface area contributed by atoms with Gasteiger partial charge in [-0.25, -0.2) is 9.97 Å². The molecule has 0 bridgehead atoms. The van der Waals surface area contributed by atoms with Crippen molar-refractivity contribution in [3.63, 3.8) is 0 Å². The van der Waals surface area contributed by atoms with Crippen molar-refractivity contribution in [3.05, 3.63) is 16.8 Å². The first-order valence-electron chi connectivity index (χ1n) is 7.24. The van der Waals surface area contributed by atoms with E-state index in [0.717, 1.165) is 16.5 Å². The van der Waals surface area contributed by atoms with Crippen LogP contribution in [-0.4, -0.2) is 21.9 Å². The van der Waals surface area contributed by atoms with Crippen LogP contribution in [0.4, 0.5) is 5.82 Å². The summed E-state index contributed by atoms with van der Waals surface area (Å²) < 4.78 is 0. The molecule has 0 radical (unpaired) electrons. The lowest BCUT2D eigenvalue weighted by molar-refractivity contribution is 0.353. The number of aromatic nitrogens is 2. The molecule has 0 saturated heterocycles. The van der Waals surface area contributed by atoms with E-state index < -0.39 is 0 Å². The van der Waals surface area contributed by atoms with Gasteiger partial charge in [-0.2, -0.15) is 0 Å². The Morgan fingerprint density at radius 2 is 2.10 bits per heavy atom. The molecule has 1 N–H and O–H groups in total. The molecule has 0 amide bonds. The van der Waals surface area contributed by atoms with Crippen LogP contribution in [0.2, 0.25) is 0 Å². The van der Waals surface area contributed by atoms with Crippen molar-refractivity contribution < 1.29 is 0 Å². The van der Waals surface area contributed by atoms with Crippen molar-refractivity contribution in [1.29, 1.82) is 0 Å². The SMILES string of the molecule is Cc1sc2ncnc(NC3CCCCC3CCl)c2c1C. The summed E-state index contributed by atoms with van der Waals surface area (Å²) in [5.41, 5.74) is 1.30. The van der Waals surface area contributed by atoms with Gasteiger partial charge in [0.1, 0.15) is 17.0 Å². The maximum atomic E-state index is 6.12. The number of fused-ring (bicyclic) bond motifs is 1. The molecule has 2 atom stereocenters. The summed E-state index contributed by atoms with van der Waals surface area (Å²) in [5.74, 6) is 2.27. The Morgan fingerprint density at radius 3 is 2.90 bits per heavy atom. The number of nitrogens with one attached hydrogen (secondary N) is 1. The second-order valence-electron chi connectivity index (χ2n) is 5.64. The molecule has 2 heterocycles. The van der Waals surface area contributed by atoms with Gasteiger partial charge in [-0.05, 0) is 38.2 Å². The predicted molar refractivity (Wildman–Crippen MR) is 87.0 cm³/mol. The van der Waals surface area contributed by atoms with Crippen LogP contribution in [0, 0.1) is 19.8 Å². The lowest BCUT2D eigenvalue weighted by atomic mass is 9.85. The third-order valence-electron chi connectivity index (χ3n) is 4.39. The minimum Gasteiger partial charge on any atom is -0.366 e. The molecule has 108 valence electrons. The van der Waals surface area contributed by atoms with Gasteiger partial charge < -0.3 is 5.32 Å². The molecular weight excluding hydrogens is 290 g/mol. The van der Waals surface area contributed by atoms with Gasteiger partial charge >= 0.3 is 0 Å². The van der Waals surface area contributed by atoms with Crippen molar-refractivity contribution in [2.75, 3.05) is 11.2 Å². The van der Waals surface area contributed by atoms with Crippen molar-refractivity contribution >= 4 is 39.0 Å². The van der Waals surface area contributed by atoms with E-state index in [0.29, 0.717) is 12.0 Å². The molecule has 2 aromatic rings. The third kappa shape index (κ3) is 2.51. The standard InChI is InChI=1S/C15H20ClN3S/c1-9-10(2)20-15-13(9)14(17-8-18-15)19-12-6-4-3-5-11(12)7-16/h8,11-12H,3-7H2,1-2H3,(H,17,18,19). The van der Waals surface area contributed by atoms with Gasteiger partial charge in [0.15, 0.2) is 0 Å². The van der Waals surface area contributed by atoms with Crippen LogP contribution in [0.25, 0.3) is 10.2 Å². The summed E-state index contributed by atoms with van der Waals surface area (Å²) in [5, 5.41) is 4.84. The number of hydrogen-bond donors (Lipinski definition) is 1. The van der Waals surface area contributed by atoms with Crippen LogP contribution in [0.5, 0.6) is 0 Å². The molecule has 0 aliphatic heterocycles. The maximum Gasteiger partial charge on any atom is 0.138 e. The largest absolute Gasteiger partial charge is 0.366 e. The summed E-state index contributed by atoms with van der Waals surface area (Å²) in [6.45, 7) is 4.30. The van der Waals surface area contributed by atoms with Gasteiger partial charge in [-0.15, -0.1) is 22.9 Å². The molecule has 2 aromatic heterocycles. The predicted octanol–water partition coefficient (Wildman–Crippen LogP) is 4.52. The Labute approximate surface area is 128 Å². The highest BCUT2D eigenvalue weighted by atomic mass is 35.5. The first-order chi connectivity index (χ1) is 9.70. The van der Waals surface area contributed by atoms with Gasteiger partial charge in [-0.3, -0.25) is 0 Å². The number of thiophene rings is 1. The van der Waals surface area contributed by atoms with E-state index in [1.54, 1.807) is 17.7 Å². The van der Waals surface area contributed by atoms with E-state index in [-0.39, 0.29) is 0 Å². The molecule has 5 heteroatoms. The number of halogens is 1. The summed E-state index contributed by atoms with van der Waals surface area (Å²) in [6.07, 6.45) is 6.65. The summed E-state index contributed by atoms with van der Waals surface area (Å²) >= 11 is 7.87. The van der Waals surface area contributed by atoms with E-state index >= 15 is 0 Å². The smallest absolute Gasteiger partial charge is 0.138 e. The van der Waals surface area contributed by atoms with Crippen molar-refractivity contribution in [1.82, 2.24) is 9.97 Å². The molecule has 0 aromatic carbocycles. The van der Waals surface area contributed by atoms with Crippen molar-refractivity contribution in [3.8, 4) is 0 Å². The van der Waals surface area contributed by atoms with Crippen LogP contribution in [0.15, 0.2) is 6.33 Å². The molecule has 1 fully saturated rings. The highest BCUT2D eigenvalue weighted by Gasteiger charge is 2.25. The molecule has 1 aliphatic carbocycles. The van der Waals surface area contributed by atoms with Crippen molar-refractivity contribution in [2.45, 2.75) is 45.6 Å². The first kappa shape index (κ1) is 14.1. The Bertz CT molecular complexity index is 610. The molecule has 1 saturated carbocycles. The van der Waals surface area contributed by atoms with Gasteiger partial charge in [0.2, 0.25) is 0 Å². The van der Waals surface area contributed by atoms with E-state index in [1.165, 1.54) is 41.5 Å². The fourth-order valence-corrected chi connectivity index (χ4v) is 4.42. The normalized spacial score (nSPS) is 23.1. The molecule has 1 aliphatic rings. The zero-order valence-electron chi connectivity index (χ0n) is 11.9. The van der Waals surface area contributed by atoms with Gasteiger partial charge in [0, 0.05) is 16.8 Å². The first-order valence-corrected chi connectivity index (χ1v) is 8.59. The minimum absolute atomic E-state index is 0.443. The molecule has 3 rings (SSSR count). The van der Waals surface area contributed by atoms with Crippen LogP contribution in [0.3, 0.4) is 0 Å². The molecule has 0 spiro atoms. The van der Waals surface area contributed by atoms with Crippen LogP contribution in [0.1, 0.15) is 36.1 Å². The lowest BCUT2D eigenvalue weighted by Gasteiger charge is -2.31. The molecule has 3 nitrogen and oxygen atoms in total. The van der Waals surface area contributed by atoms with Gasteiger partial charge in [0.05, 0.1) is 5.39 Å². The van der Waals surface area contributed by atoms with E-state index in [2.05, 4.69) is 29.1 Å². The van der Waals surface area contributed by atoms with Gasteiger partial charge in [0.25, 0.3) is 0 Å². The monoisotopic (exact) mass is 309 g/mol. The number of alkyl halides is 1. The Hall–Kier alpha value is -0.870. The average molecular weight is 310 g/mol. The molecular formula is C15H20ClN3S. The average Bonchev–Trinajstić information content (AvgIpc) is 2.76. The topological polar surface area (TPSA) is 37.8 Å². The summed E-state index contributed by atoms with van der Waals surface area (Å²) in [4.78, 5) is 11.3. The van der Waals surface area contributed by atoms with Crippen LogP contribution >= 0.6 is 22.9 Å². The van der Waals surface area contributed by atoms with E-state index in [1.807, 2.05) is 0 Å². The number of aryl methyl sites for hydroxylation is 2. The second-order valence-corrected chi connectivity index (χ2v) is 7.15. The zero-order chi connectivity index (χ0) is 14.1. The van der Waals surface area contributed by atoms with Crippen LogP contribution < -0.4 is 5.32 Å². The maximum absolute atomic E-state index is 6.12. The lowest BCUT2D eigenvalue weighted by Crippen LogP contribution is -2.33. The summed E-state index contributed by atoms with van der Waals surface area (Å²) in [6, 6.07) is 0.443. The highest BCUT2D eigenvalue weighted by Crippen LogP contribution is 2.35. The van der Waals surface area contributed by atoms with E-state index in [4.69, 9.17) is 11.6 Å². The number of rotatable bonds is 3. The Balaban J connectivity index is 1.94. The van der Waals surface area contributed by atoms with Crippen LogP contribution in [-0.2, 0) is 0 Å². The highest BCUT2D eigenvalue weighted by molar-refractivity contribution is 7.18. The quantitative estimate of drug-likeness (QED) is 0.847. The Kier molecular flexibility index (Phi) is 4.13. The number of hydrogen-bond acceptors (Lipinski definition) is 4. The molecule has 20 heavy (non-hydrogen) atoms. The second kappa shape index (κ2) is 5.86. The number of nitrogens with zero attached hydrogens (tertiary/aromatic N) is 2. The fourth-order valence-electron chi connectivity index (χ4n) is 3.05. The number of anilines is 1. The zero-order valence-corrected chi connectivity index (χ0v) is 13.5.